The van der Waals surface area contributed by atoms with Gasteiger partial charge in [0.25, 0.3) is 0 Å². The fourth-order valence-corrected chi connectivity index (χ4v) is 4.27. The summed E-state index contributed by atoms with van der Waals surface area (Å²) in [4.78, 5) is 17.3. The molecular formula is C21H26N2O2. The molecule has 0 unspecified atom stereocenters. The summed E-state index contributed by atoms with van der Waals surface area (Å²) < 4.78 is 0. The molecule has 2 aromatic rings. The van der Waals surface area contributed by atoms with E-state index >= 15 is 0 Å². The Morgan fingerprint density at radius 3 is 2.68 bits per heavy atom. The van der Waals surface area contributed by atoms with Crippen molar-refractivity contribution in [1.82, 2.24) is 10.3 Å². The second-order valence-corrected chi connectivity index (χ2v) is 7.67. The van der Waals surface area contributed by atoms with Crippen molar-refractivity contribution >= 4 is 16.8 Å². The first-order valence-corrected chi connectivity index (χ1v) is 9.54. The molecule has 2 fully saturated rings. The molecule has 132 valence electrons. The second kappa shape index (κ2) is 7.12. The molecule has 2 aliphatic rings. The molecule has 0 radical (unpaired) electrons. The summed E-state index contributed by atoms with van der Waals surface area (Å²) >= 11 is 0. The summed E-state index contributed by atoms with van der Waals surface area (Å²) in [5.41, 5.74) is 2.03. The number of carbonyl (C=O) groups excluding carboxylic acids is 1. The number of pyridine rings is 1. The first kappa shape index (κ1) is 16.5. The molecular weight excluding hydrogens is 312 g/mol. The standard InChI is InChI=1S/C21H26N2O2/c24-18-11-16(12-18)20(23-21(25)14-6-2-1-3-7-14)17-10-15-8-4-5-9-19(15)22-13-17/h4-5,8-10,13-14,16,18,20,24H,1-3,6-7,11-12H2,(H,23,25)/t16?,18?,20-/m0/s1. The SMILES string of the molecule is O=C(N[C@H](c1cnc2ccccc2c1)C1CC(O)C1)C1CCCCC1. The highest BCUT2D eigenvalue weighted by Gasteiger charge is 2.37. The molecule has 4 nitrogen and oxygen atoms in total. The Morgan fingerprint density at radius 1 is 1.16 bits per heavy atom. The van der Waals surface area contributed by atoms with Crippen molar-refractivity contribution in [3.63, 3.8) is 0 Å². The Bertz CT molecular complexity index is 748. The van der Waals surface area contributed by atoms with Gasteiger partial charge in [0.1, 0.15) is 0 Å². The smallest absolute Gasteiger partial charge is 0.223 e. The van der Waals surface area contributed by atoms with E-state index in [-0.39, 0.29) is 24.0 Å². The zero-order valence-corrected chi connectivity index (χ0v) is 14.5. The number of benzene rings is 1. The van der Waals surface area contributed by atoms with Crippen molar-refractivity contribution in [1.29, 1.82) is 0 Å². The molecule has 0 bridgehead atoms. The van der Waals surface area contributed by atoms with Crippen LogP contribution in [0.3, 0.4) is 0 Å². The van der Waals surface area contributed by atoms with E-state index in [1.165, 1.54) is 6.42 Å². The summed E-state index contributed by atoms with van der Waals surface area (Å²) in [6.07, 6.45) is 8.72. The monoisotopic (exact) mass is 338 g/mol. The van der Waals surface area contributed by atoms with E-state index in [9.17, 15) is 9.90 Å². The second-order valence-electron chi connectivity index (χ2n) is 7.67. The molecule has 0 spiro atoms. The van der Waals surface area contributed by atoms with Crippen molar-refractivity contribution in [2.24, 2.45) is 11.8 Å². The fraction of sp³-hybridized carbons (Fsp3) is 0.524. The summed E-state index contributed by atoms with van der Waals surface area (Å²) in [6.45, 7) is 0. The van der Waals surface area contributed by atoms with Gasteiger partial charge < -0.3 is 10.4 Å². The van der Waals surface area contributed by atoms with Gasteiger partial charge in [-0.3, -0.25) is 9.78 Å². The van der Waals surface area contributed by atoms with Crippen molar-refractivity contribution in [2.75, 3.05) is 0 Å². The molecule has 0 saturated heterocycles. The maximum atomic E-state index is 12.8. The minimum Gasteiger partial charge on any atom is -0.393 e. The lowest BCUT2D eigenvalue weighted by Crippen LogP contribution is -2.43. The topological polar surface area (TPSA) is 62.2 Å². The van der Waals surface area contributed by atoms with Crippen LogP contribution in [0.2, 0.25) is 0 Å². The zero-order valence-electron chi connectivity index (χ0n) is 14.5. The van der Waals surface area contributed by atoms with Gasteiger partial charge in [0.2, 0.25) is 5.91 Å². The zero-order chi connectivity index (χ0) is 17.2. The highest BCUT2D eigenvalue weighted by Crippen LogP contribution is 2.39. The lowest BCUT2D eigenvalue weighted by Gasteiger charge is -2.39. The number of carbonyl (C=O) groups is 1. The number of fused-ring (bicyclic) bond motifs is 1. The number of hydrogen-bond donors (Lipinski definition) is 2. The Kier molecular flexibility index (Phi) is 4.71. The number of aromatic nitrogens is 1. The molecule has 1 aromatic heterocycles. The number of nitrogens with zero attached hydrogens (tertiary/aromatic N) is 1. The van der Waals surface area contributed by atoms with Crippen molar-refractivity contribution in [3.8, 4) is 0 Å². The number of nitrogens with one attached hydrogen (secondary N) is 1. The third kappa shape index (κ3) is 3.54. The molecule has 25 heavy (non-hydrogen) atoms. The van der Waals surface area contributed by atoms with Crippen LogP contribution in [0.1, 0.15) is 56.6 Å². The normalized spacial score (nSPS) is 25.3. The van der Waals surface area contributed by atoms with Crippen LogP contribution in [-0.2, 0) is 4.79 Å². The average Bonchev–Trinajstić information content (AvgIpc) is 2.64. The van der Waals surface area contributed by atoms with Gasteiger partial charge in [-0.05, 0) is 49.3 Å². The van der Waals surface area contributed by atoms with Gasteiger partial charge in [-0.1, -0.05) is 37.5 Å². The molecule has 1 amide bonds. The molecule has 1 aromatic carbocycles. The lowest BCUT2D eigenvalue weighted by molar-refractivity contribution is -0.127. The van der Waals surface area contributed by atoms with E-state index in [2.05, 4.69) is 22.4 Å². The van der Waals surface area contributed by atoms with E-state index in [0.717, 1.165) is 55.0 Å². The van der Waals surface area contributed by atoms with E-state index in [0.29, 0.717) is 5.92 Å². The van der Waals surface area contributed by atoms with Crippen LogP contribution in [0.4, 0.5) is 0 Å². The number of para-hydroxylation sites is 1. The first-order valence-electron chi connectivity index (χ1n) is 9.54. The van der Waals surface area contributed by atoms with E-state index in [1.807, 2.05) is 24.4 Å². The fourth-order valence-electron chi connectivity index (χ4n) is 4.27. The first-order chi connectivity index (χ1) is 12.2. The van der Waals surface area contributed by atoms with Crippen LogP contribution in [0.15, 0.2) is 36.5 Å². The number of amides is 1. The molecule has 2 N–H and O–H groups in total. The molecule has 1 atom stereocenters. The number of hydrogen-bond acceptors (Lipinski definition) is 3. The third-order valence-electron chi connectivity index (χ3n) is 5.87. The Morgan fingerprint density at radius 2 is 1.92 bits per heavy atom. The Hall–Kier alpha value is -1.94. The van der Waals surface area contributed by atoms with E-state index < -0.39 is 0 Å². The van der Waals surface area contributed by atoms with Crippen LogP contribution < -0.4 is 5.32 Å². The Balaban J connectivity index is 1.57. The predicted octanol–water partition coefficient (Wildman–Crippen LogP) is 3.74. The molecule has 4 heteroatoms. The number of aliphatic hydroxyl groups is 1. The number of rotatable bonds is 4. The van der Waals surface area contributed by atoms with Crippen molar-refractivity contribution in [2.45, 2.75) is 57.1 Å². The van der Waals surface area contributed by atoms with Gasteiger partial charge >= 0.3 is 0 Å². The highest BCUT2D eigenvalue weighted by molar-refractivity contribution is 5.81. The van der Waals surface area contributed by atoms with Gasteiger partial charge in [-0.15, -0.1) is 0 Å². The molecule has 0 aliphatic heterocycles. The molecule has 2 saturated carbocycles. The molecule has 4 rings (SSSR count). The van der Waals surface area contributed by atoms with Gasteiger partial charge in [-0.25, -0.2) is 0 Å². The maximum Gasteiger partial charge on any atom is 0.223 e. The largest absolute Gasteiger partial charge is 0.393 e. The summed E-state index contributed by atoms with van der Waals surface area (Å²) in [6, 6.07) is 10.1. The van der Waals surface area contributed by atoms with Crippen LogP contribution in [0.5, 0.6) is 0 Å². The van der Waals surface area contributed by atoms with E-state index in [4.69, 9.17) is 0 Å². The minimum atomic E-state index is -0.229. The van der Waals surface area contributed by atoms with E-state index in [1.54, 1.807) is 0 Å². The molecule has 2 aliphatic carbocycles. The number of aliphatic hydroxyl groups excluding tert-OH is 1. The van der Waals surface area contributed by atoms with Gasteiger partial charge in [0.15, 0.2) is 0 Å². The summed E-state index contributed by atoms with van der Waals surface area (Å²) in [7, 11) is 0. The summed E-state index contributed by atoms with van der Waals surface area (Å²) in [5.74, 6) is 0.624. The minimum absolute atomic E-state index is 0.0464. The van der Waals surface area contributed by atoms with Crippen molar-refractivity contribution in [3.05, 3.63) is 42.1 Å². The van der Waals surface area contributed by atoms with Crippen LogP contribution >= 0.6 is 0 Å². The van der Waals surface area contributed by atoms with Gasteiger partial charge in [-0.2, -0.15) is 0 Å². The highest BCUT2D eigenvalue weighted by atomic mass is 16.3. The predicted molar refractivity (Wildman–Crippen MR) is 97.9 cm³/mol. The van der Waals surface area contributed by atoms with Crippen LogP contribution in [-0.4, -0.2) is 22.1 Å². The lowest BCUT2D eigenvalue weighted by atomic mass is 9.75. The maximum absolute atomic E-state index is 12.8. The third-order valence-corrected chi connectivity index (χ3v) is 5.87. The van der Waals surface area contributed by atoms with Gasteiger partial charge in [0.05, 0.1) is 17.7 Å². The Labute approximate surface area is 148 Å². The van der Waals surface area contributed by atoms with Crippen LogP contribution in [0, 0.1) is 11.8 Å². The van der Waals surface area contributed by atoms with Crippen molar-refractivity contribution < 1.29 is 9.90 Å². The van der Waals surface area contributed by atoms with Crippen LogP contribution in [0.25, 0.3) is 10.9 Å². The molecule has 1 heterocycles. The average molecular weight is 338 g/mol. The van der Waals surface area contributed by atoms with Gasteiger partial charge in [0, 0.05) is 17.5 Å². The quantitative estimate of drug-likeness (QED) is 0.892. The summed E-state index contributed by atoms with van der Waals surface area (Å²) in [5, 5.41) is 14.1.